The maximum Gasteiger partial charge on any atom is 0.239 e. The van der Waals surface area contributed by atoms with Gasteiger partial charge >= 0.3 is 0 Å². The average Bonchev–Trinajstić information content (AvgIpc) is 3.07. The van der Waals surface area contributed by atoms with Crippen LogP contribution in [0.2, 0.25) is 6.82 Å². The summed E-state index contributed by atoms with van der Waals surface area (Å²) in [7, 11) is 1.01. The number of benzene rings is 3. The fourth-order valence-electron chi connectivity index (χ4n) is 4.02. The summed E-state index contributed by atoms with van der Waals surface area (Å²) in [5.74, 6) is 0. The molecule has 0 radical (unpaired) electrons. The second-order valence-electron chi connectivity index (χ2n) is 6.12. The molecule has 0 amide bonds. The molecule has 104 valence electrons. The first-order valence-electron chi connectivity index (χ1n) is 7.99. The Bertz CT molecular complexity index is 1040. The van der Waals surface area contributed by atoms with Gasteiger partial charge in [-0.15, -0.1) is 0 Å². The molecule has 4 aromatic rings. The van der Waals surface area contributed by atoms with E-state index < -0.39 is 0 Å². The Labute approximate surface area is 130 Å². The topological polar surface area (TPSA) is 4.93 Å². The summed E-state index contributed by atoms with van der Waals surface area (Å²) in [6.45, 7) is 2.23. The van der Waals surface area contributed by atoms with Gasteiger partial charge in [0.05, 0.1) is 0 Å². The van der Waals surface area contributed by atoms with E-state index in [4.69, 9.17) is 0 Å². The second-order valence-corrected chi connectivity index (χ2v) is 6.12. The highest BCUT2D eigenvalue weighted by Crippen LogP contribution is 2.41. The van der Waals surface area contributed by atoms with Crippen molar-refractivity contribution in [2.24, 2.45) is 0 Å². The van der Waals surface area contributed by atoms with Crippen molar-refractivity contribution in [2.45, 2.75) is 13.2 Å². The van der Waals surface area contributed by atoms with Crippen LogP contribution in [0, 0.1) is 0 Å². The van der Waals surface area contributed by atoms with Gasteiger partial charge in [0.15, 0.2) is 0 Å². The molecule has 0 atom stereocenters. The Morgan fingerprint density at radius 3 is 2.50 bits per heavy atom. The normalized spacial score (nSPS) is 12.6. The zero-order valence-corrected chi connectivity index (χ0v) is 12.6. The van der Waals surface area contributed by atoms with Crippen molar-refractivity contribution in [2.75, 3.05) is 0 Å². The summed E-state index contributed by atoms with van der Waals surface area (Å²) in [6.07, 6.45) is 1.06. The SMILES string of the molecule is CBn1c2ccccc2c2cc3c(cc21)Cc1ccccc1-3. The van der Waals surface area contributed by atoms with Gasteiger partial charge in [0.25, 0.3) is 0 Å². The molecular weight excluding hydrogens is 265 g/mol. The lowest BCUT2D eigenvalue weighted by Gasteiger charge is -2.05. The molecule has 0 saturated heterocycles. The zero-order chi connectivity index (χ0) is 14.7. The van der Waals surface area contributed by atoms with E-state index in [-0.39, 0.29) is 0 Å². The van der Waals surface area contributed by atoms with Gasteiger partial charge in [-0.1, -0.05) is 49.3 Å². The Kier molecular flexibility index (Phi) is 2.35. The van der Waals surface area contributed by atoms with Crippen LogP contribution in [-0.4, -0.2) is 11.9 Å². The van der Waals surface area contributed by atoms with Crippen LogP contribution in [-0.2, 0) is 6.42 Å². The van der Waals surface area contributed by atoms with Crippen molar-refractivity contribution in [1.29, 1.82) is 0 Å². The number of aromatic nitrogens is 1. The number of hydrogen-bond acceptors (Lipinski definition) is 0. The van der Waals surface area contributed by atoms with E-state index in [0.717, 1.165) is 13.8 Å². The van der Waals surface area contributed by atoms with E-state index in [9.17, 15) is 0 Å². The van der Waals surface area contributed by atoms with Crippen LogP contribution in [0.3, 0.4) is 0 Å². The quantitative estimate of drug-likeness (QED) is 0.395. The molecule has 0 aliphatic heterocycles. The van der Waals surface area contributed by atoms with Crippen LogP contribution in [0.15, 0.2) is 60.7 Å². The highest BCUT2D eigenvalue weighted by atomic mass is 14.9. The molecule has 3 aromatic carbocycles. The summed E-state index contributed by atoms with van der Waals surface area (Å²) < 4.78 is 2.44. The van der Waals surface area contributed by atoms with E-state index in [1.165, 1.54) is 44.1 Å². The molecule has 0 fully saturated rings. The molecular formula is C20H16BN. The summed E-state index contributed by atoms with van der Waals surface area (Å²) in [4.78, 5) is 0. The Morgan fingerprint density at radius 1 is 0.773 bits per heavy atom. The highest BCUT2D eigenvalue weighted by Gasteiger charge is 2.20. The minimum atomic E-state index is 1.01. The lowest BCUT2D eigenvalue weighted by atomic mass is 9.98. The van der Waals surface area contributed by atoms with Gasteiger partial charge in [0, 0.05) is 21.8 Å². The van der Waals surface area contributed by atoms with Gasteiger partial charge in [-0.3, -0.25) is 0 Å². The summed E-state index contributed by atoms with van der Waals surface area (Å²) in [5.41, 5.74) is 8.46. The molecule has 1 nitrogen and oxygen atoms in total. The zero-order valence-electron chi connectivity index (χ0n) is 12.6. The largest absolute Gasteiger partial charge is 0.389 e. The summed E-state index contributed by atoms with van der Waals surface area (Å²) in [5, 5.41) is 2.75. The van der Waals surface area contributed by atoms with Crippen LogP contribution in [0.5, 0.6) is 0 Å². The Hall–Kier alpha value is -2.48. The number of fused-ring (bicyclic) bond motifs is 6. The number of hydrogen-bond donors (Lipinski definition) is 0. The van der Waals surface area contributed by atoms with Crippen molar-refractivity contribution in [1.82, 2.24) is 4.48 Å². The second kappa shape index (κ2) is 4.26. The third-order valence-corrected chi connectivity index (χ3v) is 5.00. The van der Waals surface area contributed by atoms with Crippen LogP contribution >= 0.6 is 0 Å². The molecule has 1 aliphatic carbocycles. The maximum absolute atomic E-state index is 2.44. The van der Waals surface area contributed by atoms with Crippen LogP contribution in [0.25, 0.3) is 32.9 Å². The van der Waals surface area contributed by atoms with Crippen molar-refractivity contribution in [3.63, 3.8) is 0 Å². The van der Waals surface area contributed by atoms with E-state index in [1.54, 1.807) is 0 Å². The van der Waals surface area contributed by atoms with Gasteiger partial charge < -0.3 is 4.48 Å². The fourth-order valence-corrected chi connectivity index (χ4v) is 4.02. The first-order valence-corrected chi connectivity index (χ1v) is 7.99. The average molecular weight is 281 g/mol. The lowest BCUT2D eigenvalue weighted by molar-refractivity contribution is 1.26. The van der Waals surface area contributed by atoms with Gasteiger partial charge in [0.2, 0.25) is 7.41 Å². The predicted molar refractivity (Wildman–Crippen MR) is 96.1 cm³/mol. The van der Waals surface area contributed by atoms with Crippen LogP contribution < -0.4 is 0 Å². The van der Waals surface area contributed by atoms with Crippen molar-refractivity contribution in [3.8, 4) is 11.1 Å². The third kappa shape index (κ3) is 1.45. The van der Waals surface area contributed by atoms with Crippen molar-refractivity contribution < 1.29 is 0 Å². The molecule has 1 heterocycles. The minimum Gasteiger partial charge on any atom is -0.389 e. The first kappa shape index (κ1) is 12.1. The number of para-hydroxylation sites is 1. The molecule has 1 aromatic heterocycles. The van der Waals surface area contributed by atoms with Crippen molar-refractivity contribution in [3.05, 3.63) is 71.8 Å². The number of rotatable bonds is 1. The fraction of sp³-hybridized carbons (Fsp3) is 0.100. The van der Waals surface area contributed by atoms with Crippen LogP contribution in [0.1, 0.15) is 11.1 Å². The van der Waals surface area contributed by atoms with Gasteiger partial charge in [-0.2, -0.15) is 0 Å². The van der Waals surface area contributed by atoms with E-state index in [0.29, 0.717) is 0 Å². The van der Waals surface area contributed by atoms with Gasteiger partial charge in [-0.05, 0) is 46.9 Å². The smallest absolute Gasteiger partial charge is 0.239 e. The molecule has 0 N–H and O–H groups in total. The van der Waals surface area contributed by atoms with E-state index >= 15 is 0 Å². The van der Waals surface area contributed by atoms with Crippen molar-refractivity contribution >= 4 is 29.2 Å². The molecule has 0 unspecified atom stereocenters. The highest BCUT2D eigenvalue weighted by molar-refractivity contribution is 6.37. The maximum atomic E-state index is 2.44. The molecule has 0 bridgehead atoms. The van der Waals surface area contributed by atoms with E-state index in [1.807, 2.05) is 0 Å². The Balaban J connectivity index is 1.93. The first-order chi connectivity index (χ1) is 10.9. The molecule has 1 aliphatic rings. The van der Waals surface area contributed by atoms with Gasteiger partial charge in [0.1, 0.15) is 0 Å². The molecule has 0 spiro atoms. The summed E-state index contributed by atoms with van der Waals surface area (Å²) in [6, 6.07) is 22.4. The number of nitrogens with zero attached hydrogens (tertiary/aromatic N) is 1. The minimum absolute atomic E-state index is 1.01. The van der Waals surface area contributed by atoms with Gasteiger partial charge in [-0.25, -0.2) is 0 Å². The van der Waals surface area contributed by atoms with Crippen LogP contribution in [0.4, 0.5) is 0 Å². The molecule has 5 rings (SSSR count). The Morgan fingerprint density at radius 2 is 1.59 bits per heavy atom. The van der Waals surface area contributed by atoms with E-state index in [2.05, 4.69) is 72.0 Å². The predicted octanol–water partition coefficient (Wildman–Crippen LogP) is 4.61. The third-order valence-electron chi connectivity index (χ3n) is 5.00. The monoisotopic (exact) mass is 281 g/mol. The molecule has 0 saturated carbocycles. The molecule has 22 heavy (non-hydrogen) atoms. The lowest BCUT2D eigenvalue weighted by Crippen LogP contribution is -2.00. The summed E-state index contributed by atoms with van der Waals surface area (Å²) >= 11 is 0. The molecule has 2 heteroatoms. The standard InChI is InChI=1S/C20H16BN/c1-21-22-19-9-5-4-8-16(19)18-12-17-14(11-20(18)22)10-13-6-2-3-7-15(13)17/h2-9,11-12,21H,10H2,1H3.